The molecule has 0 atom stereocenters. The van der Waals surface area contributed by atoms with E-state index in [9.17, 15) is 4.79 Å². The van der Waals surface area contributed by atoms with E-state index in [-0.39, 0.29) is 11.5 Å². The summed E-state index contributed by atoms with van der Waals surface area (Å²) in [7, 11) is 0. The molecule has 0 bridgehead atoms. The van der Waals surface area contributed by atoms with Gasteiger partial charge < -0.3 is 9.47 Å². The molecular weight excluding hydrogens is 350 g/mol. The predicted molar refractivity (Wildman–Crippen MR) is 99.4 cm³/mol. The molecule has 2 heterocycles. The van der Waals surface area contributed by atoms with Crippen molar-refractivity contribution in [2.24, 2.45) is 0 Å². The van der Waals surface area contributed by atoms with Gasteiger partial charge in [-0.15, -0.1) is 0 Å². The highest BCUT2D eigenvalue weighted by Gasteiger charge is 2.27. The number of carbonyl (C=O) groups excluding carboxylic acids is 1. The molecule has 4 nitrogen and oxygen atoms in total. The van der Waals surface area contributed by atoms with Gasteiger partial charge in [0.2, 0.25) is 5.78 Å². The van der Waals surface area contributed by atoms with Crippen LogP contribution in [0.3, 0.4) is 0 Å². The first-order valence-electron chi connectivity index (χ1n) is 8.04. The van der Waals surface area contributed by atoms with Gasteiger partial charge in [0.15, 0.2) is 5.76 Å². The third kappa shape index (κ3) is 3.46. The molecule has 0 amide bonds. The molecule has 128 valence electrons. The van der Waals surface area contributed by atoms with Gasteiger partial charge in [-0.05, 0) is 47.5 Å². The van der Waals surface area contributed by atoms with Crippen LogP contribution in [0.5, 0.6) is 11.5 Å². The molecule has 3 aromatic rings. The molecule has 4 rings (SSSR count). The number of carbonyl (C=O) groups is 1. The van der Waals surface area contributed by atoms with Crippen LogP contribution in [0.25, 0.3) is 6.08 Å². The number of nitrogens with zero attached hydrogens (tertiary/aromatic N) is 1. The molecule has 0 N–H and O–H groups in total. The Hall–Kier alpha value is -3.11. The second kappa shape index (κ2) is 7.02. The minimum absolute atomic E-state index is 0.148. The van der Waals surface area contributed by atoms with Crippen molar-refractivity contribution < 1.29 is 14.3 Å². The van der Waals surface area contributed by atoms with E-state index in [1.165, 1.54) is 0 Å². The molecule has 0 spiro atoms. The zero-order valence-corrected chi connectivity index (χ0v) is 14.4. The molecule has 1 aliphatic rings. The fraction of sp³-hybridized carbons (Fsp3) is 0.0476. The van der Waals surface area contributed by atoms with Gasteiger partial charge in [-0.3, -0.25) is 9.78 Å². The molecule has 26 heavy (non-hydrogen) atoms. The number of rotatable bonds is 4. The number of ketones is 1. The quantitative estimate of drug-likeness (QED) is 0.617. The van der Waals surface area contributed by atoms with E-state index in [2.05, 4.69) is 4.98 Å². The number of halogens is 1. The molecule has 1 aliphatic heterocycles. The molecule has 0 saturated carbocycles. The summed E-state index contributed by atoms with van der Waals surface area (Å²) in [6, 6.07) is 16.4. The Balaban J connectivity index is 1.51. The van der Waals surface area contributed by atoms with Crippen LogP contribution in [0, 0.1) is 0 Å². The first-order valence-corrected chi connectivity index (χ1v) is 8.42. The molecule has 0 unspecified atom stereocenters. The number of Topliss-reactive ketones (excluding diaryl/α,β-unsaturated/α-hetero) is 1. The van der Waals surface area contributed by atoms with Crippen molar-refractivity contribution in [3.05, 3.63) is 94.5 Å². The van der Waals surface area contributed by atoms with E-state index in [1.807, 2.05) is 30.3 Å². The van der Waals surface area contributed by atoms with Crippen LogP contribution in [0.1, 0.15) is 21.5 Å². The van der Waals surface area contributed by atoms with E-state index in [1.54, 1.807) is 42.7 Å². The van der Waals surface area contributed by atoms with Crippen LogP contribution < -0.4 is 9.47 Å². The number of pyridine rings is 1. The summed E-state index contributed by atoms with van der Waals surface area (Å²) in [5, 5.41) is 0.666. The number of hydrogen-bond acceptors (Lipinski definition) is 4. The smallest absolute Gasteiger partial charge is 0.231 e. The molecular formula is C21H14ClNO3. The van der Waals surface area contributed by atoms with Crippen LogP contribution in [-0.2, 0) is 6.61 Å². The minimum atomic E-state index is -0.148. The number of allylic oxidation sites excluding steroid dienone is 1. The lowest BCUT2D eigenvalue weighted by molar-refractivity contribution is 0.101. The summed E-state index contributed by atoms with van der Waals surface area (Å²) >= 11 is 5.98. The standard InChI is InChI=1S/C21H14ClNO3/c22-16-5-1-3-15(9-16)13-25-17-6-7-18-19(11-17)26-20(21(18)24)10-14-4-2-8-23-12-14/h1-12H,13H2/b20-10-. The molecule has 1 aromatic heterocycles. The summed E-state index contributed by atoms with van der Waals surface area (Å²) in [5.41, 5.74) is 2.29. The van der Waals surface area contributed by atoms with Crippen LogP contribution in [-0.4, -0.2) is 10.8 Å². The Labute approximate surface area is 155 Å². The molecule has 0 fully saturated rings. The van der Waals surface area contributed by atoms with Crippen molar-refractivity contribution in [1.82, 2.24) is 4.98 Å². The predicted octanol–water partition coefficient (Wildman–Crippen LogP) is 4.93. The first kappa shape index (κ1) is 16.4. The fourth-order valence-electron chi connectivity index (χ4n) is 2.66. The zero-order valence-electron chi connectivity index (χ0n) is 13.7. The number of fused-ring (bicyclic) bond motifs is 1. The maximum Gasteiger partial charge on any atom is 0.231 e. The van der Waals surface area contributed by atoms with Gasteiger partial charge in [0.1, 0.15) is 18.1 Å². The van der Waals surface area contributed by atoms with Gasteiger partial charge in [-0.25, -0.2) is 0 Å². The van der Waals surface area contributed by atoms with E-state index < -0.39 is 0 Å². The molecule has 0 saturated heterocycles. The third-order valence-electron chi connectivity index (χ3n) is 3.92. The fourth-order valence-corrected chi connectivity index (χ4v) is 2.88. The Morgan fingerprint density at radius 1 is 1.12 bits per heavy atom. The van der Waals surface area contributed by atoms with Gasteiger partial charge in [-0.2, -0.15) is 0 Å². The monoisotopic (exact) mass is 363 g/mol. The van der Waals surface area contributed by atoms with Gasteiger partial charge >= 0.3 is 0 Å². The number of benzene rings is 2. The molecule has 2 aromatic carbocycles. The molecule has 5 heteroatoms. The highest BCUT2D eigenvalue weighted by molar-refractivity contribution is 6.30. The van der Waals surface area contributed by atoms with Crippen LogP contribution in [0.4, 0.5) is 0 Å². The van der Waals surface area contributed by atoms with Crippen molar-refractivity contribution in [3.63, 3.8) is 0 Å². The van der Waals surface area contributed by atoms with Crippen LogP contribution in [0.2, 0.25) is 5.02 Å². The number of hydrogen-bond donors (Lipinski definition) is 0. The lowest BCUT2D eigenvalue weighted by atomic mass is 10.1. The van der Waals surface area contributed by atoms with Crippen molar-refractivity contribution in [3.8, 4) is 11.5 Å². The lowest BCUT2D eigenvalue weighted by Crippen LogP contribution is -1.98. The summed E-state index contributed by atoms with van der Waals surface area (Å²) < 4.78 is 11.5. The normalized spacial score (nSPS) is 14.2. The lowest BCUT2D eigenvalue weighted by Gasteiger charge is -2.07. The van der Waals surface area contributed by atoms with E-state index in [0.29, 0.717) is 28.7 Å². The van der Waals surface area contributed by atoms with Crippen LogP contribution in [0.15, 0.2) is 72.8 Å². The van der Waals surface area contributed by atoms with Crippen molar-refractivity contribution >= 4 is 23.5 Å². The van der Waals surface area contributed by atoms with Gasteiger partial charge in [0.25, 0.3) is 0 Å². The maximum atomic E-state index is 12.5. The van der Waals surface area contributed by atoms with Crippen molar-refractivity contribution in [1.29, 1.82) is 0 Å². The Morgan fingerprint density at radius 2 is 2.04 bits per heavy atom. The summed E-state index contributed by atoms with van der Waals surface area (Å²) in [4.78, 5) is 16.5. The van der Waals surface area contributed by atoms with Crippen LogP contribution >= 0.6 is 11.6 Å². The van der Waals surface area contributed by atoms with Crippen molar-refractivity contribution in [2.45, 2.75) is 6.61 Å². The number of ether oxygens (including phenoxy) is 2. The van der Waals surface area contributed by atoms with Gasteiger partial charge in [0, 0.05) is 23.5 Å². The zero-order chi connectivity index (χ0) is 17.9. The SMILES string of the molecule is O=C1/C(=C/c2cccnc2)Oc2cc(OCc3cccc(Cl)c3)ccc21. The van der Waals surface area contributed by atoms with Gasteiger partial charge in [-0.1, -0.05) is 29.8 Å². The molecule has 0 radical (unpaired) electrons. The largest absolute Gasteiger partial charge is 0.489 e. The van der Waals surface area contributed by atoms with E-state index in [0.717, 1.165) is 11.1 Å². The second-order valence-electron chi connectivity index (χ2n) is 5.80. The topological polar surface area (TPSA) is 48.4 Å². The average molecular weight is 364 g/mol. The highest BCUT2D eigenvalue weighted by atomic mass is 35.5. The van der Waals surface area contributed by atoms with E-state index in [4.69, 9.17) is 21.1 Å². The van der Waals surface area contributed by atoms with E-state index >= 15 is 0 Å². The Kier molecular flexibility index (Phi) is 4.42. The van der Waals surface area contributed by atoms with Gasteiger partial charge in [0.05, 0.1) is 5.56 Å². The average Bonchev–Trinajstić information content (AvgIpc) is 2.96. The number of aromatic nitrogens is 1. The Morgan fingerprint density at radius 3 is 2.85 bits per heavy atom. The minimum Gasteiger partial charge on any atom is -0.489 e. The summed E-state index contributed by atoms with van der Waals surface area (Å²) in [6.45, 7) is 0.381. The van der Waals surface area contributed by atoms with Crippen molar-refractivity contribution in [2.75, 3.05) is 0 Å². The second-order valence-corrected chi connectivity index (χ2v) is 6.24. The highest BCUT2D eigenvalue weighted by Crippen LogP contribution is 2.35. The summed E-state index contributed by atoms with van der Waals surface area (Å²) in [5.74, 6) is 1.25. The Bertz CT molecular complexity index is 999. The maximum absolute atomic E-state index is 12.5. The third-order valence-corrected chi connectivity index (χ3v) is 4.15. The summed E-state index contributed by atoms with van der Waals surface area (Å²) in [6.07, 6.45) is 5.03. The molecule has 0 aliphatic carbocycles. The first-order chi connectivity index (χ1) is 12.7.